The van der Waals surface area contributed by atoms with Gasteiger partial charge in [-0.2, -0.15) is 4.37 Å². The van der Waals surface area contributed by atoms with Crippen molar-refractivity contribution in [3.63, 3.8) is 0 Å². The number of anilines is 2. The van der Waals surface area contributed by atoms with Crippen molar-refractivity contribution in [3.8, 4) is 0 Å². The van der Waals surface area contributed by atoms with Crippen LogP contribution in [0.2, 0.25) is 0 Å². The molecule has 2 aliphatic carbocycles. The summed E-state index contributed by atoms with van der Waals surface area (Å²) in [6.07, 6.45) is 5.02. The molecule has 0 atom stereocenters. The van der Waals surface area contributed by atoms with Gasteiger partial charge in [-0.25, -0.2) is 15.0 Å². The Hall–Kier alpha value is -1.76. The van der Waals surface area contributed by atoms with Gasteiger partial charge in [0.15, 0.2) is 0 Å². The predicted octanol–water partition coefficient (Wildman–Crippen LogP) is 3.03. The van der Waals surface area contributed by atoms with Crippen LogP contribution in [0.4, 0.5) is 10.9 Å². The molecule has 0 aromatic carbocycles. The van der Waals surface area contributed by atoms with E-state index < -0.39 is 0 Å². The minimum Gasteiger partial charge on any atom is -0.353 e. The minimum absolute atomic E-state index is 0.599. The molecule has 0 spiro atoms. The molecule has 3 heterocycles. The Balaban J connectivity index is 1.31. The molecule has 5 rings (SSSR count). The molecule has 3 fully saturated rings. The van der Waals surface area contributed by atoms with Crippen LogP contribution in [-0.4, -0.2) is 45.5 Å². The molecule has 0 unspecified atom stereocenters. The summed E-state index contributed by atoms with van der Waals surface area (Å²) in [5.74, 6) is 4.50. The fourth-order valence-corrected chi connectivity index (χ4v) is 4.24. The second kappa shape index (κ2) is 5.90. The third-order valence-corrected chi connectivity index (χ3v) is 6.34. The molecule has 0 bridgehead atoms. The third-order valence-electron chi connectivity index (χ3n) is 5.55. The van der Waals surface area contributed by atoms with Gasteiger partial charge in [-0.05, 0) is 39.5 Å². The molecule has 2 aromatic rings. The first kappa shape index (κ1) is 15.5. The Bertz CT molecular complexity index is 787. The molecule has 3 aliphatic rings. The molecular weight excluding hydrogens is 332 g/mol. The number of hydrogen-bond donors (Lipinski definition) is 0. The van der Waals surface area contributed by atoms with Crippen LogP contribution in [0.3, 0.4) is 0 Å². The van der Waals surface area contributed by atoms with Crippen LogP contribution in [0, 0.1) is 13.8 Å². The van der Waals surface area contributed by atoms with Crippen LogP contribution >= 0.6 is 11.5 Å². The maximum absolute atomic E-state index is 4.92. The monoisotopic (exact) mass is 356 g/mol. The van der Waals surface area contributed by atoms with Crippen LogP contribution in [0.1, 0.15) is 60.4 Å². The molecule has 7 heteroatoms. The van der Waals surface area contributed by atoms with Gasteiger partial charge >= 0.3 is 0 Å². The lowest BCUT2D eigenvalue weighted by Gasteiger charge is -2.36. The summed E-state index contributed by atoms with van der Waals surface area (Å²) in [6, 6.07) is 0. The lowest BCUT2D eigenvalue weighted by molar-refractivity contribution is 0.640. The molecule has 6 nitrogen and oxygen atoms in total. The van der Waals surface area contributed by atoms with E-state index >= 15 is 0 Å². The Labute approximate surface area is 152 Å². The molecule has 132 valence electrons. The maximum Gasteiger partial charge on any atom is 0.205 e. The van der Waals surface area contributed by atoms with E-state index in [-0.39, 0.29) is 0 Å². The zero-order valence-electron chi connectivity index (χ0n) is 14.9. The Morgan fingerprint density at radius 1 is 0.800 bits per heavy atom. The quantitative estimate of drug-likeness (QED) is 0.839. The summed E-state index contributed by atoms with van der Waals surface area (Å²) >= 11 is 1.56. The van der Waals surface area contributed by atoms with Crippen molar-refractivity contribution in [2.24, 2.45) is 0 Å². The summed E-state index contributed by atoms with van der Waals surface area (Å²) in [6.45, 7) is 8.21. The number of nitrogens with zero attached hydrogens (tertiary/aromatic N) is 6. The number of hydrogen-bond acceptors (Lipinski definition) is 7. The van der Waals surface area contributed by atoms with Crippen molar-refractivity contribution >= 4 is 22.5 Å². The van der Waals surface area contributed by atoms with Crippen molar-refractivity contribution in [1.29, 1.82) is 0 Å². The molecule has 0 amide bonds. The molecule has 0 N–H and O–H groups in total. The van der Waals surface area contributed by atoms with E-state index in [1.165, 1.54) is 31.2 Å². The third kappa shape index (κ3) is 2.99. The standard InChI is InChI=1S/C18H24N6S/c1-11-12(2)19-15(13-3-4-13)20-17(11)23-7-9-24(10-8-23)18-21-16(22-25-18)14-5-6-14/h13-14H,3-10H2,1-2H3. The lowest BCUT2D eigenvalue weighted by atomic mass is 10.2. The molecule has 2 aromatic heterocycles. The average Bonchev–Trinajstić information content (AvgIpc) is 3.56. The summed E-state index contributed by atoms with van der Waals surface area (Å²) in [7, 11) is 0. The molecule has 2 saturated carbocycles. The van der Waals surface area contributed by atoms with Gasteiger partial charge in [0.25, 0.3) is 0 Å². The van der Waals surface area contributed by atoms with E-state index in [2.05, 4.69) is 28.0 Å². The van der Waals surface area contributed by atoms with Crippen molar-refractivity contribution in [3.05, 3.63) is 22.9 Å². The summed E-state index contributed by atoms with van der Waals surface area (Å²) in [5.41, 5.74) is 2.36. The minimum atomic E-state index is 0.599. The highest BCUT2D eigenvalue weighted by Crippen LogP contribution is 2.40. The first-order valence-corrected chi connectivity index (χ1v) is 10.1. The Kier molecular flexibility index (Phi) is 3.66. The molecule has 25 heavy (non-hydrogen) atoms. The van der Waals surface area contributed by atoms with E-state index in [1.54, 1.807) is 11.5 Å². The summed E-state index contributed by atoms with van der Waals surface area (Å²) < 4.78 is 4.55. The van der Waals surface area contributed by atoms with Gasteiger partial charge < -0.3 is 9.80 Å². The lowest BCUT2D eigenvalue weighted by Crippen LogP contribution is -2.47. The number of aryl methyl sites for hydroxylation is 1. The molecule has 1 aliphatic heterocycles. The Morgan fingerprint density at radius 2 is 1.44 bits per heavy atom. The van der Waals surface area contributed by atoms with Gasteiger partial charge in [0.2, 0.25) is 5.13 Å². The van der Waals surface area contributed by atoms with Gasteiger partial charge in [0, 0.05) is 60.8 Å². The summed E-state index contributed by atoms with van der Waals surface area (Å²) in [4.78, 5) is 19.2. The molecule has 1 saturated heterocycles. The Morgan fingerprint density at radius 3 is 2.12 bits per heavy atom. The second-order valence-electron chi connectivity index (χ2n) is 7.57. The van der Waals surface area contributed by atoms with Crippen molar-refractivity contribution in [2.45, 2.75) is 51.4 Å². The van der Waals surface area contributed by atoms with Crippen molar-refractivity contribution in [2.75, 3.05) is 36.0 Å². The van der Waals surface area contributed by atoms with Gasteiger partial charge in [0.05, 0.1) is 0 Å². The van der Waals surface area contributed by atoms with E-state index in [9.17, 15) is 0 Å². The molecular formula is C18H24N6S. The van der Waals surface area contributed by atoms with Gasteiger partial charge in [-0.1, -0.05) is 0 Å². The topological polar surface area (TPSA) is 58.0 Å². The van der Waals surface area contributed by atoms with Crippen LogP contribution in [-0.2, 0) is 0 Å². The van der Waals surface area contributed by atoms with Gasteiger partial charge in [0.1, 0.15) is 17.5 Å². The first-order chi connectivity index (χ1) is 12.2. The van der Waals surface area contributed by atoms with Gasteiger partial charge in [-0.15, -0.1) is 0 Å². The summed E-state index contributed by atoms with van der Waals surface area (Å²) in [5, 5.41) is 1.09. The van der Waals surface area contributed by atoms with Crippen LogP contribution in [0.25, 0.3) is 0 Å². The van der Waals surface area contributed by atoms with E-state index in [0.29, 0.717) is 11.8 Å². The van der Waals surface area contributed by atoms with Crippen LogP contribution in [0.5, 0.6) is 0 Å². The van der Waals surface area contributed by atoms with E-state index in [4.69, 9.17) is 15.0 Å². The predicted molar refractivity (Wildman–Crippen MR) is 99.8 cm³/mol. The van der Waals surface area contributed by atoms with Crippen molar-refractivity contribution < 1.29 is 0 Å². The normalized spacial score (nSPS) is 21.0. The smallest absolute Gasteiger partial charge is 0.205 e. The molecule has 0 radical (unpaired) electrons. The SMILES string of the molecule is Cc1nc(C2CC2)nc(N2CCN(c3nc(C4CC4)ns3)CC2)c1C. The highest BCUT2D eigenvalue weighted by atomic mass is 32.1. The van der Waals surface area contributed by atoms with E-state index in [0.717, 1.165) is 54.5 Å². The zero-order valence-corrected chi connectivity index (χ0v) is 15.7. The first-order valence-electron chi connectivity index (χ1n) is 9.37. The van der Waals surface area contributed by atoms with Crippen molar-refractivity contribution in [1.82, 2.24) is 19.3 Å². The fourth-order valence-electron chi connectivity index (χ4n) is 3.44. The fraction of sp³-hybridized carbons (Fsp3) is 0.667. The highest BCUT2D eigenvalue weighted by molar-refractivity contribution is 7.09. The number of piperazine rings is 1. The zero-order chi connectivity index (χ0) is 17.0. The van der Waals surface area contributed by atoms with Crippen LogP contribution in [0.15, 0.2) is 0 Å². The number of aromatic nitrogens is 4. The average molecular weight is 356 g/mol. The second-order valence-corrected chi connectivity index (χ2v) is 8.30. The largest absolute Gasteiger partial charge is 0.353 e. The van der Waals surface area contributed by atoms with E-state index in [1.807, 2.05) is 0 Å². The maximum atomic E-state index is 4.92. The van der Waals surface area contributed by atoms with Crippen LogP contribution < -0.4 is 9.80 Å². The number of rotatable bonds is 4. The van der Waals surface area contributed by atoms with Gasteiger partial charge in [-0.3, -0.25) is 0 Å². The highest BCUT2D eigenvalue weighted by Gasteiger charge is 2.31.